The number of carboxylic acids is 1. The smallest absolute Gasteiger partial charge is 0.326 e. The van der Waals surface area contributed by atoms with Crippen LogP contribution in [0, 0.1) is 0 Å². The minimum absolute atomic E-state index is 0.212. The van der Waals surface area contributed by atoms with E-state index in [0.717, 1.165) is 38.0 Å². The van der Waals surface area contributed by atoms with Crippen LogP contribution in [0.3, 0.4) is 0 Å². The molecule has 2 aliphatic rings. The Kier molecular flexibility index (Phi) is 6.99. The third kappa shape index (κ3) is 5.71. The monoisotopic (exact) mass is 421 g/mol. The minimum Gasteiger partial charge on any atom is -0.480 e. The molecule has 1 amide bonds. The van der Waals surface area contributed by atoms with Gasteiger partial charge in [-0.2, -0.15) is 0 Å². The molecular formula is C25H31N3O3. The number of benzene rings is 2. The van der Waals surface area contributed by atoms with Crippen LogP contribution in [-0.4, -0.2) is 64.5 Å². The van der Waals surface area contributed by atoms with Crippen molar-refractivity contribution >= 4 is 11.9 Å². The van der Waals surface area contributed by atoms with Crippen molar-refractivity contribution in [2.24, 2.45) is 0 Å². The maximum atomic E-state index is 12.7. The molecule has 2 bridgehead atoms. The van der Waals surface area contributed by atoms with Gasteiger partial charge in [0.05, 0.1) is 6.54 Å². The molecule has 4 rings (SSSR count). The molecule has 31 heavy (non-hydrogen) atoms. The zero-order valence-electron chi connectivity index (χ0n) is 17.8. The lowest BCUT2D eigenvalue weighted by molar-refractivity contribution is -0.142. The number of rotatable bonds is 8. The van der Waals surface area contributed by atoms with E-state index in [0.29, 0.717) is 12.1 Å². The zero-order chi connectivity index (χ0) is 21.6. The van der Waals surface area contributed by atoms with Gasteiger partial charge in [0.25, 0.3) is 0 Å². The van der Waals surface area contributed by atoms with Gasteiger partial charge in [-0.1, -0.05) is 60.7 Å². The number of hydrogen-bond acceptors (Lipinski definition) is 4. The molecule has 2 aromatic carbocycles. The summed E-state index contributed by atoms with van der Waals surface area (Å²) in [5, 5.41) is 12.3. The van der Waals surface area contributed by atoms with Crippen LogP contribution < -0.4 is 5.32 Å². The summed E-state index contributed by atoms with van der Waals surface area (Å²) in [5.74, 6) is -1.21. The van der Waals surface area contributed by atoms with Gasteiger partial charge in [-0.05, 0) is 30.4 Å². The number of carboxylic acid groups (broad SMARTS) is 1. The largest absolute Gasteiger partial charge is 0.480 e. The van der Waals surface area contributed by atoms with Gasteiger partial charge in [-0.3, -0.25) is 14.6 Å². The van der Waals surface area contributed by atoms with Crippen LogP contribution in [0.15, 0.2) is 60.7 Å². The number of nitrogens with one attached hydrogen (secondary N) is 1. The van der Waals surface area contributed by atoms with E-state index in [1.54, 1.807) is 0 Å². The Bertz CT molecular complexity index is 874. The molecule has 2 saturated heterocycles. The first-order chi connectivity index (χ1) is 15.1. The van der Waals surface area contributed by atoms with Crippen molar-refractivity contribution in [2.75, 3.05) is 19.6 Å². The standard InChI is InChI=1S/C25H31N3O3/c29-24(26-23(25(30)31)15-19-7-3-1-4-8-19)18-27-14-13-21-11-12-22(17-27)28(21)16-20-9-5-2-6-10-20/h1-10,21-23H,11-18H2,(H,26,29)(H,30,31)/t21?,22?,23-/m1/s1. The van der Waals surface area contributed by atoms with E-state index in [1.807, 2.05) is 36.4 Å². The Labute approximate surface area is 183 Å². The average Bonchev–Trinajstić information content (AvgIpc) is 3.04. The maximum Gasteiger partial charge on any atom is 0.326 e. The molecule has 0 saturated carbocycles. The molecule has 2 aliphatic heterocycles. The van der Waals surface area contributed by atoms with Gasteiger partial charge in [0.2, 0.25) is 5.91 Å². The Balaban J connectivity index is 1.33. The molecule has 2 aromatic rings. The molecule has 0 aliphatic carbocycles. The van der Waals surface area contributed by atoms with Crippen LogP contribution in [0.25, 0.3) is 0 Å². The Morgan fingerprint density at radius 1 is 0.935 bits per heavy atom. The fourth-order valence-corrected chi connectivity index (χ4v) is 4.93. The molecule has 0 spiro atoms. The Hall–Kier alpha value is -2.70. The molecule has 2 unspecified atom stereocenters. The van der Waals surface area contributed by atoms with Crippen LogP contribution in [0.1, 0.15) is 30.4 Å². The molecule has 164 valence electrons. The number of aliphatic carboxylic acids is 1. The molecule has 2 fully saturated rings. The van der Waals surface area contributed by atoms with Crippen LogP contribution in [0.4, 0.5) is 0 Å². The summed E-state index contributed by atoms with van der Waals surface area (Å²) in [6.45, 7) is 2.93. The van der Waals surface area contributed by atoms with Gasteiger partial charge in [0.1, 0.15) is 6.04 Å². The fourth-order valence-electron chi connectivity index (χ4n) is 4.93. The highest BCUT2D eigenvalue weighted by Gasteiger charge is 2.37. The summed E-state index contributed by atoms with van der Waals surface area (Å²) < 4.78 is 0. The summed E-state index contributed by atoms with van der Waals surface area (Å²) in [6.07, 6.45) is 3.71. The van der Waals surface area contributed by atoms with Crippen molar-refractivity contribution in [2.45, 2.75) is 50.4 Å². The Morgan fingerprint density at radius 2 is 1.58 bits per heavy atom. The number of amides is 1. The van der Waals surface area contributed by atoms with Gasteiger partial charge < -0.3 is 10.4 Å². The lowest BCUT2D eigenvalue weighted by atomic mass is 10.1. The molecule has 2 N–H and O–H groups in total. The van der Waals surface area contributed by atoms with Gasteiger partial charge in [-0.15, -0.1) is 0 Å². The first kappa shape index (κ1) is 21.5. The maximum absolute atomic E-state index is 12.7. The highest BCUT2D eigenvalue weighted by Crippen LogP contribution is 2.31. The van der Waals surface area contributed by atoms with Crippen molar-refractivity contribution in [3.8, 4) is 0 Å². The quantitative estimate of drug-likeness (QED) is 0.685. The summed E-state index contributed by atoms with van der Waals surface area (Å²) >= 11 is 0. The normalized spacial score (nSPS) is 22.6. The van der Waals surface area contributed by atoms with Gasteiger partial charge >= 0.3 is 5.97 Å². The van der Waals surface area contributed by atoms with Crippen molar-refractivity contribution in [3.05, 3.63) is 71.8 Å². The van der Waals surface area contributed by atoms with E-state index in [2.05, 4.69) is 39.4 Å². The lowest BCUT2D eigenvalue weighted by Crippen LogP contribution is -2.48. The third-order valence-electron chi connectivity index (χ3n) is 6.51. The number of carbonyl (C=O) groups excluding carboxylic acids is 1. The summed E-state index contributed by atoms with van der Waals surface area (Å²) in [5.41, 5.74) is 2.23. The van der Waals surface area contributed by atoms with Gasteiger partial charge in [0, 0.05) is 38.1 Å². The van der Waals surface area contributed by atoms with Crippen molar-refractivity contribution in [3.63, 3.8) is 0 Å². The number of likely N-dealkylation sites (tertiary alicyclic amines) is 1. The van der Waals surface area contributed by atoms with Crippen LogP contribution in [0.5, 0.6) is 0 Å². The van der Waals surface area contributed by atoms with E-state index in [9.17, 15) is 14.7 Å². The second-order valence-electron chi connectivity index (χ2n) is 8.71. The summed E-state index contributed by atoms with van der Waals surface area (Å²) in [7, 11) is 0. The fraction of sp³-hybridized carbons (Fsp3) is 0.440. The van der Waals surface area contributed by atoms with Gasteiger partial charge in [-0.25, -0.2) is 4.79 Å². The molecule has 0 radical (unpaired) electrons. The first-order valence-corrected chi connectivity index (χ1v) is 11.2. The summed E-state index contributed by atoms with van der Waals surface area (Å²) in [6, 6.07) is 20.1. The Morgan fingerprint density at radius 3 is 2.26 bits per heavy atom. The molecule has 6 nitrogen and oxygen atoms in total. The van der Waals surface area contributed by atoms with E-state index in [1.165, 1.54) is 12.0 Å². The first-order valence-electron chi connectivity index (χ1n) is 11.2. The van der Waals surface area contributed by atoms with Gasteiger partial charge in [0.15, 0.2) is 0 Å². The van der Waals surface area contributed by atoms with E-state index >= 15 is 0 Å². The average molecular weight is 422 g/mol. The lowest BCUT2D eigenvalue weighted by Gasteiger charge is -2.29. The molecule has 0 aromatic heterocycles. The summed E-state index contributed by atoms with van der Waals surface area (Å²) in [4.78, 5) is 29.1. The van der Waals surface area contributed by atoms with E-state index in [-0.39, 0.29) is 18.9 Å². The number of carbonyl (C=O) groups is 2. The highest BCUT2D eigenvalue weighted by molar-refractivity contribution is 5.84. The third-order valence-corrected chi connectivity index (χ3v) is 6.51. The SMILES string of the molecule is O=C(CN1CCC2CCC(C1)N2Cc1ccccc1)N[C@H](Cc1ccccc1)C(=O)O. The number of nitrogens with zero attached hydrogens (tertiary/aromatic N) is 2. The minimum atomic E-state index is -0.999. The molecular weight excluding hydrogens is 390 g/mol. The van der Waals surface area contributed by atoms with Crippen LogP contribution in [-0.2, 0) is 22.6 Å². The van der Waals surface area contributed by atoms with Crippen LogP contribution >= 0.6 is 0 Å². The second kappa shape index (κ2) is 10.1. The number of fused-ring (bicyclic) bond motifs is 2. The molecule has 2 heterocycles. The van der Waals surface area contributed by atoms with Crippen LogP contribution in [0.2, 0.25) is 0 Å². The number of hydrogen-bond donors (Lipinski definition) is 2. The van der Waals surface area contributed by atoms with Crippen molar-refractivity contribution < 1.29 is 14.7 Å². The van der Waals surface area contributed by atoms with Crippen molar-refractivity contribution in [1.29, 1.82) is 0 Å². The predicted molar refractivity (Wildman–Crippen MR) is 120 cm³/mol. The predicted octanol–water partition coefficient (Wildman–Crippen LogP) is 2.54. The van der Waals surface area contributed by atoms with Crippen molar-refractivity contribution in [1.82, 2.24) is 15.1 Å². The van der Waals surface area contributed by atoms with E-state index < -0.39 is 12.0 Å². The van der Waals surface area contributed by atoms with E-state index in [4.69, 9.17) is 0 Å². The molecule has 3 atom stereocenters. The topological polar surface area (TPSA) is 72.9 Å². The molecule has 6 heteroatoms. The zero-order valence-corrected chi connectivity index (χ0v) is 17.8. The highest BCUT2D eigenvalue weighted by atomic mass is 16.4. The second-order valence-corrected chi connectivity index (χ2v) is 8.71.